The van der Waals surface area contributed by atoms with Gasteiger partial charge in [0.05, 0.1) is 17.3 Å². The van der Waals surface area contributed by atoms with E-state index >= 15 is 0 Å². The minimum absolute atomic E-state index is 0.0178. The average molecular weight is 283 g/mol. The molecule has 6 heteroatoms. The minimum Gasteiger partial charge on any atom is -0.465 e. The van der Waals surface area contributed by atoms with Crippen LogP contribution >= 0.6 is 0 Å². The van der Waals surface area contributed by atoms with Crippen LogP contribution in [-0.2, 0) is 19.4 Å². The molecule has 0 saturated carbocycles. The van der Waals surface area contributed by atoms with Crippen molar-refractivity contribution in [1.29, 1.82) is 0 Å². The normalized spacial score (nSPS) is 21.7. The molecule has 0 bridgehead atoms. The number of nitrogens with one attached hydrogen (secondary N) is 1. The fourth-order valence-electron chi connectivity index (χ4n) is 2.23. The van der Waals surface area contributed by atoms with E-state index in [9.17, 15) is 13.2 Å². The van der Waals surface area contributed by atoms with Crippen molar-refractivity contribution in [2.75, 3.05) is 12.4 Å². The summed E-state index contributed by atoms with van der Waals surface area (Å²) in [5.74, 6) is -0.389. The fourth-order valence-corrected chi connectivity index (χ4v) is 3.98. The van der Waals surface area contributed by atoms with Gasteiger partial charge in [-0.15, -0.1) is 0 Å². The number of sulfone groups is 1. The van der Waals surface area contributed by atoms with Crippen molar-refractivity contribution in [3.8, 4) is 0 Å². The van der Waals surface area contributed by atoms with Gasteiger partial charge < -0.3 is 4.74 Å². The summed E-state index contributed by atoms with van der Waals surface area (Å²) in [6, 6.07) is 5.97. The second-order valence-corrected chi connectivity index (χ2v) is 6.51. The molecule has 0 aliphatic carbocycles. The Hall–Kier alpha value is -1.40. The number of carbonyl (C=O) groups excluding carboxylic acids is 1. The molecule has 1 aromatic rings. The maximum absolute atomic E-state index is 12.0. The molecule has 1 aromatic carbocycles. The molecule has 0 aromatic heterocycles. The third-order valence-electron chi connectivity index (χ3n) is 3.11. The van der Waals surface area contributed by atoms with Gasteiger partial charge in [0.2, 0.25) is 0 Å². The Morgan fingerprint density at radius 3 is 2.84 bits per heavy atom. The first kappa shape index (κ1) is 14.0. The predicted molar refractivity (Wildman–Crippen MR) is 70.5 cm³/mol. The third-order valence-corrected chi connectivity index (χ3v) is 4.92. The number of carbonyl (C=O) groups is 1. The summed E-state index contributed by atoms with van der Waals surface area (Å²) in [6.07, 6.45) is 0. The molecule has 104 valence electrons. The van der Waals surface area contributed by atoms with Gasteiger partial charge in [-0.3, -0.25) is 10.1 Å². The van der Waals surface area contributed by atoms with E-state index in [-0.39, 0.29) is 17.8 Å². The van der Waals surface area contributed by atoms with Gasteiger partial charge in [-0.25, -0.2) is 8.42 Å². The van der Waals surface area contributed by atoms with Crippen LogP contribution in [0.5, 0.6) is 0 Å². The van der Waals surface area contributed by atoms with Gasteiger partial charge in [-0.05, 0) is 25.5 Å². The zero-order valence-electron chi connectivity index (χ0n) is 10.9. The van der Waals surface area contributed by atoms with Crippen LogP contribution in [-0.4, -0.2) is 32.8 Å². The van der Waals surface area contributed by atoms with Crippen LogP contribution < -0.4 is 5.32 Å². The standard InChI is InChI=1S/C13H17NO4S/c1-3-18-13(15)9(2)14-11-8-19(16,17)12-7-5-4-6-10(11)12/h4-7,9,11,14H,3,8H2,1-2H3. The van der Waals surface area contributed by atoms with Gasteiger partial charge in [-0.2, -0.15) is 0 Å². The summed E-state index contributed by atoms with van der Waals surface area (Å²) in [5.41, 5.74) is 0.721. The molecule has 0 radical (unpaired) electrons. The molecule has 2 unspecified atom stereocenters. The number of hydrogen-bond donors (Lipinski definition) is 1. The number of benzene rings is 1. The number of hydrogen-bond acceptors (Lipinski definition) is 5. The molecule has 1 aliphatic heterocycles. The Morgan fingerprint density at radius 1 is 1.47 bits per heavy atom. The Morgan fingerprint density at radius 2 is 2.16 bits per heavy atom. The van der Waals surface area contributed by atoms with Crippen LogP contribution in [0.3, 0.4) is 0 Å². The lowest BCUT2D eigenvalue weighted by Crippen LogP contribution is -2.38. The first-order valence-electron chi connectivity index (χ1n) is 6.20. The Balaban J connectivity index is 2.18. The maximum Gasteiger partial charge on any atom is 0.322 e. The highest BCUT2D eigenvalue weighted by molar-refractivity contribution is 7.91. The van der Waals surface area contributed by atoms with Crippen LogP contribution in [0, 0.1) is 0 Å². The summed E-state index contributed by atoms with van der Waals surface area (Å²) in [7, 11) is -3.25. The van der Waals surface area contributed by atoms with Crippen molar-refractivity contribution in [1.82, 2.24) is 5.32 Å². The lowest BCUT2D eigenvalue weighted by molar-refractivity contribution is -0.145. The molecule has 1 aliphatic rings. The van der Waals surface area contributed by atoms with Crippen molar-refractivity contribution in [3.05, 3.63) is 29.8 Å². The topological polar surface area (TPSA) is 72.5 Å². The van der Waals surface area contributed by atoms with Crippen LogP contribution in [0.2, 0.25) is 0 Å². The van der Waals surface area contributed by atoms with E-state index in [0.717, 1.165) is 5.56 Å². The highest BCUT2D eigenvalue weighted by Crippen LogP contribution is 2.33. The van der Waals surface area contributed by atoms with Gasteiger partial charge in [0, 0.05) is 6.04 Å². The summed E-state index contributed by atoms with van der Waals surface area (Å²) < 4.78 is 28.9. The quantitative estimate of drug-likeness (QED) is 0.836. The highest BCUT2D eigenvalue weighted by atomic mass is 32.2. The molecule has 0 saturated heterocycles. The molecule has 0 spiro atoms. The number of esters is 1. The maximum atomic E-state index is 12.0. The minimum atomic E-state index is -3.25. The number of fused-ring (bicyclic) bond motifs is 1. The average Bonchev–Trinajstić information content (AvgIpc) is 2.62. The Kier molecular flexibility index (Phi) is 3.91. The molecular weight excluding hydrogens is 266 g/mol. The van der Waals surface area contributed by atoms with Crippen LogP contribution in [0.15, 0.2) is 29.2 Å². The van der Waals surface area contributed by atoms with E-state index in [1.54, 1.807) is 38.1 Å². The molecule has 5 nitrogen and oxygen atoms in total. The summed E-state index contributed by atoms with van der Waals surface area (Å²) in [4.78, 5) is 11.9. The summed E-state index contributed by atoms with van der Waals surface area (Å²) in [6.45, 7) is 3.72. The van der Waals surface area contributed by atoms with Gasteiger partial charge in [0.25, 0.3) is 0 Å². The molecule has 1 N–H and O–H groups in total. The van der Waals surface area contributed by atoms with E-state index in [2.05, 4.69) is 5.32 Å². The van der Waals surface area contributed by atoms with Crippen LogP contribution in [0.4, 0.5) is 0 Å². The van der Waals surface area contributed by atoms with E-state index < -0.39 is 15.9 Å². The van der Waals surface area contributed by atoms with Crippen molar-refractivity contribution in [2.45, 2.75) is 30.8 Å². The smallest absolute Gasteiger partial charge is 0.322 e. The van der Waals surface area contributed by atoms with Gasteiger partial charge in [-0.1, -0.05) is 18.2 Å². The van der Waals surface area contributed by atoms with E-state index in [0.29, 0.717) is 11.5 Å². The van der Waals surface area contributed by atoms with E-state index in [1.807, 2.05) is 0 Å². The van der Waals surface area contributed by atoms with Crippen molar-refractivity contribution >= 4 is 15.8 Å². The zero-order valence-corrected chi connectivity index (χ0v) is 11.7. The molecule has 19 heavy (non-hydrogen) atoms. The monoisotopic (exact) mass is 283 g/mol. The molecular formula is C13H17NO4S. The molecule has 0 amide bonds. The van der Waals surface area contributed by atoms with Crippen LogP contribution in [0.1, 0.15) is 25.5 Å². The zero-order chi connectivity index (χ0) is 14.0. The van der Waals surface area contributed by atoms with E-state index in [4.69, 9.17) is 4.74 Å². The molecule has 1 heterocycles. The Bertz CT molecular complexity index is 582. The van der Waals surface area contributed by atoms with Crippen molar-refractivity contribution in [2.24, 2.45) is 0 Å². The summed E-state index contributed by atoms with van der Waals surface area (Å²) >= 11 is 0. The van der Waals surface area contributed by atoms with Gasteiger partial charge >= 0.3 is 5.97 Å². The Labute approximate surface area is 112 Å². The SMILES string of the molecule is CCOC(=O)C(C)NC1CS(=O)(=O)c2ccccc21. The largest absolute Gasteiger partial charge is 0.465 e. The third kappa shape index (κ3) is 2.79. The molecule has 2 atom stereocenters. The van der Waals surface area contributed by atoms with Crippen molar-refractivity contribution < 1.29 is 17.9 Å². The van der Waals surface area contributed by atoms with Gasteiger partial charge in [0.15, 0.2) is 9.84 Å². The molecule has 2 rings (SSSR count). The first-order chi connectivity index (χ1) is 8.95. The van der Waals surface area contributed by atoms with E-state index in [1.165, 1.54) is 0 Å². The first-order valence-corrected chi connectivity index (χ1v) is 7.85. The fraction of sp³-hybridized carbons (Fsp3) is 0.462. The lowest BCUT2D eigenvalue weighted by atomic mass is 10.1. The van der Waals surface area contributed by atoms with Gasteiger partial charge in [0.1, 0.15) is 6.04 Å². The highest BCUT2D eigenvalue weighted by Gasteiger charge is 2.35. The number of rotatable bonds is 4. The lowest BCUT2D eigenvalue weighted by Gasteiger charge is -2.18. The predicted octanol–water partition coefficient (Wildman–Crippen LogP) is 1.06. The second kappa shape index (κ2) is 5.30. The van der Waals surface area contributed by atoms with Crippen LogP contribution in [0.25, 0.3) is 0 Å². The number of ether oxygens (including phenoxy) is 1. The van der Waals surface area contributed by atoms with Crippen molar-refractivity contribution in [3.63, 3.8) is 0 Å². The molecule has 0 fully saturated rings. The second-order valence-electron chi connectivity index (χ2n) is 4.51. The summed E-state index contributed by atoms with van der Waals surface area (Å²) in [5, 5.41) is 3.02.